The molecule has 0 bridgehead atoms. The maximum atomic E-state index is 11.4. The van der Waals surface area contributed by atoms with E-state index in [0.29, 0.717) is 35.5 Å². The van der Waals surface area contributed by atoms with Crippen LogP contribution in [-0.4, -0.2) is 24.4 Å². The van der Waals surface area contributed by atoms with Crippen molar-refractivity contribution in [3.8, 4) is 11.5 Å². The number of hydrogen-bond donors (Lipinski definition) is 2. The zero-order valence-corrected chi connectivity index (χ0v) is 14.7. The first-order valence-corrected chi connectivity index (χ1v) is 8.19. The van der Waals surface area contributed by atoms with Crippen LogP contribution >= 0.6 is 0 Å². The zero-order valence-electron chi connectivity index (χ0n) is 14.7. The van der Waals surface area contributed by atoms with Gasteiger partial charge in [-0.15, -0.1) is 0 Å². The van der Waals surface area contributed by atoms with Crippen molar-refractivity contribution in [1.82, 2.24) is 0 Å². The van der Waals surface area contributed by atoms with E-state index in [1.165, 1.54) is 0 Å². The van der Waals surface area contributed by atoms with Crippen molar-refractivity contribution in [2.45, 2.75) is 37.9 Å². The van der Waals surface area contributed by atoms with Gasteiger partial charge >= 0.3 is 0 Å². The highest BCUT2D eigenvalue weighted by Crippen LogP contribution is 2.45. The molecule has 0 amide bonds. The first kappa shape index (κ1) is 18.3. The normalized spacial score (nSPS) is 16.1. The van der Waals surface area contributed by atoms with Crippen molar-refractivity contribution in [2.75, 3.05) is 14.2 Å². The van der Waals surface area contributed by atoms with Crippen molar-refractivity contribution >= 4 is 0 Å². The summed E-state index contributed by atoms with van der Waals surface area (Å²) < 4.78 is 10.4. The fourth-order valence-electron chi connectivity index (χ4n) is 3.20. The van der Waals surface area contributed by atoms with Gasteiger partial charge in [0.2, 0.25) is 0 Å². The van der Waals surface area contributed by atoms with Crippen LogP contribution in [0.2, 0.25) is 0 Å². The Labute approximate surface area is 143 Å². The average molecular weight is 330 g/mol. The maximum absolute atomic E-state index is 11.4. The van der Waals surface area contributed by atoms with Crippen molar-refractivity contribution in [3.05, 3.63) is 59.7 Å². The molecule has 2 N–H and O–H groups in total. The molecule has 2 aromatic carbocycles. The lowest BCUT2D eigenvalue weighted by Gasteiger charge is -2.43. The van der Waals surface area contributed by atoms with Gasteiger partial charge in [-0.05, 0) is 48.2 Å². The minimum atomic E-state index is -1.41. The zero-order chi connectivity index (χ0) is 17.8. The average Bonchev–Trinajstić information content (AvgIpc) is 2.66. The molecule has 0 aromatic heterocycles. The molecule has 2 rings (SSSR count). The second-order valence-corrected chi connectivity index (χ2v) is 5.88. The highest BCUT2D eigenvalue weighted by molar-refractivity contribution is 5.38. The summed E-state index contributed by atoms with van der Waals surface area (Å²) in [5, 5.41) is 22.9. The minimum Gasteiger partial charge on any atom is -0.497 e. The molecule has 0 aliphatic heterocycles. The minimum absolute atomic E-state index is 0.371. The van der Waals surface area contributed by atoms with Crippen molar-refractivity contribution in [1.29, 1.82) is 0 Å². The molecule has 2 aromatic rings. The van der Waals surface area contributed by atoms with Crippen LogP contribution in [0.4, 0.5) is 0 Å². The molecule has 4 nitrogen and oxygen atoms in total. The van der Waals surface area contributed by atoms with E-state index < -0.39 is 11.2 Å². The first-order chi connectivity index (χ1) is 11.4. The third kappa shape index (κ3) is 2.99. The Hall–Kier alpha value is -2.04. The Bertz CT molecular complexity index is 591. The molecular weight excluding hydrogens is 304 g/mol. The Morgan fingerprint density at radius 3 is 1.17 bits per heavy atom. The molecule has 24 heavy (non-hydrogen) atoms. The third-order valence-electron chi connectivity index (χ3n) is 4.84. The van der Waals surface area contributed by atoms with Gasteiger partial charge in [0, 0.05) is 0 Å². The largest absolute Gasteiger partial charge is 0.497 e. The van der Waals surface area contributed by atoms with E-state index in [2.05, 4.69) is 0 Å². The summed E-state index contributed by atoms with van der Waals surface area (Å²) in [6.07, 6.45) is 0.741. The SMILES string of the molecule is CC[C@@](O)(c1ccc(OC)cc1)[C@](O)(CC)c1ccc(OC)cc1. The van der Waals surface area contributed by atoms with Crippen LogP contribution in [0.15, 0.2) is 48.5 Å². The van der Waals surface area contributed by atoms with Crippen LogP contribution < -0.4 is 9.47 Å². The van der Waals surface area contributed by atoms with Gasteiger partial charge in [-0.2, -0.15) is 0 Å². The first-order valence-electron chi connectivity index (χ1n) is 8.19. The molecule has 0 saturated heterocycles. The topological polar surface area (TPSA) is 58.9 Å². The molecule has 0 heterocycles. The Morgan fingerprint density at radius 2 is 0.958 bits per heavy atom. The van der Waals surface area contributed by atoms with Crippen LogP contribution in [0.25, 0.3) is 0 Å². The van der Waals surface area contributed by atoms with Crippen LogP contribution in [0.5, 0.6) is 11.5 Å². The molecule has 4 heteroatoms. The lowest BCUT2D eigenvalue weighted by atomic mass is 9.70. The summed E-state index contributed by atoms with van der Waals surface area (Å²) in [6.45, 7) is 3.74. The van der Waals surface area contributed by atoms with E-state index in [-0.39, 0.29) is 0 Å². The number of hydrogen-bond acceptors (Lipinski definition) is 4. The third-order valence-corrected chi connectivity index (χ3v) is 4.84. The molecule has 2 atom stereocenters. The van der Waals surface area contributed by atoms with Gasteiger partial charge < -0.3 is 19.7 Å². The van der Waals surface area contributed by atoms with Gasteiger partial charge in [0.05, 0.1) is 14.2 Å². The van der Waals surface area contributed by atoms with E-state index in [1.807, 2.05) is 13.8 Å². The monoisotopic (exact) mass is 330 g/mol. The van der Waals surface area contributed by atoms with Crippen LogP contribution in [0.1, 0.15) is 37.8 Å². The molecule has 130 valence electrons. The van der Waals surface area contributed by atoms with Gasteiger partial charge in [-0.3, -0.25) is 0 Å². The van der Waals surface area contributed by atoms with E-state index in [0.717, 1.165) is 0 Å². The number of benzene rings is 2. The molecule has 0 unspecified atom stereocenters. The maximum Gasteiger partial charge on any atom is 0.122 e. The summed E-state index contributed by atoms with van der Waals surface area (Å²) in [6, 6.07) is 14.4. The summed E-state index contributed by atoms with van der Waals surface area (Å²) in [5.41, 5.74) is -1.51. The highest BCUT2D eigenvalue weighted by atomic mass is 16.5. The number of rotatable bonds is 7. The van der Waals surface area contributed by atoms with E-state index in [1.54, 1.807) is 62.8 Å². The Kier molecular flexibility index (Phi) is 5.52. The summed E-state index contributed by atoms with van der Waals surface area (Å²) in [7, 11) is 3.20. The molecule has 0 saturated carbocycles. The number of ether oxygens (including phenoxy) is 2. The van der Waals surface area contributed by atoms with Gasteiger partial charge in [0.1, 0.15) is 22.7 Å². The lowest BCUT2D eigenvalue weighted by Crippen LogP contribution is -2.48. The van der Waals surface area contributed by atoms with Crippen molar-refractivity contribution < 1.29 is 19.7 Å². The van der Waals surface area contributed by atoms with Crippen LogP contribution in [0.3, 0.4) is 0 Å². The summed E-state index contributed by atoms with van der Waals surface area (Å²) in [5.74, 6) is 1.42. The molecule has 0 fully saturated rings. The van der Waals surface area contributed by atoms with Crippen molar-refractivity contribution in [2.24, 2.45) is 0 Å². The number of aliphatic hydroxyl groups is 2. The smallest absolute Gasteiger partial charge is 0.122 e. The quantitative estimate of drug-likeness (QED) is 0.814. The molecule has 0 spiro atoms. The fraction of sp³-hybridized carbons (Fsp3) is 0.400. The highest BCUT2D eigenvalue weighted by Gasteiger charge is 2.49. The van der Waals surface area contributed by atoms with E-state index in [9.17, 15) is 10.2 Å². The van der Waals surface area contributed by atoms with Gasteiger partial charge in [0.25, 0.3) is 0 Å². The van der Waals surface area contributed by atoms with Gasteiger partial charge in [-0.25, -0.2) is 0 Å². The lowest BCUT2D eigenvalue weighted by molar-refractivity contribution is -0.169. The molecule has 0 radical (unpaired) electrons. The van der Waals surface area contributed by atoms with Crippen molar-refractivity contribution in [3.63, 3.8) is 0 Å². The van der Waals surface area contributed by atoms with Crippen LogP contribution in [0, 0.1) is 0 Å². The Balaban J connectivity index is 2.52. The van der Waals surface area contributed by atoms with E-state index in [4.69, 9.17) is 9.47 Å². The van der Waals surface area contributed by atoms with Gasteiger partial charge in [-0.1, -0.05) is 38.1 Å². The standard InChI is InChI=1S/C20H26O4/c1-5-19(21,15-7-11-17(23-3)12-8-15)20(22,6-2)16-9-13-18(24-4)14-10-16/h7-14,21-22H,5-6H2,1-4H3/t19-,20+. The second kappa shape index (κ2) is 7.24. The summed E-state index contributed by atoms with van der Waals surface area (Å²) in [4.78, 5) is 0. The fourth-order valence-corrected chi connectivity index (χ4v) is 3.20. The van der Waals surface area contributed by atoms with Crippen LogP contribution in [-0.2, 0) is 11.2 Å². The number of methoxy groups -OCH3 is 2. The predicted octanol–water partition coefficient (Wildman–Crippen LogP) is 3.60. The Morgan fingerprint density at radius 1 is 0.667 bits per heavy atom. The molecule has 0 aliphatic carbocycles. The van der Waals surface area contributed by atoms with Gasteiger partial charge in [0.15, 0.2) is 0 Å². The molecular formula is C20H26O4. The second-order valence-electron chi connectivity index (χ2n) is 5.88. The van der Waals surface area contributed by atoms with E-state index >= 15 is 0 Å². The summed E-state index contributed by atoms with van der Waals surface area (Å²) >= 11 is 0. The molecule has 0 aliphatic rings. The predicted molar refractivity (Wildman–Crippen MR) is 94.4 cm³/mol.